The van der Waals surface area contributed by atoms with E-state index in [2.05, 4.69) is 15.6 Å². The van der Waals surface area contributed by atoms with Crippen molar-refractivity contribution in [3.63, 3.8) is 0 Å². The normalized spacial score (nSPS) is 12.1. The number of hydrogen-bond donors (Lipinski definition) is 3. The number of benzene rings is 2. The maximum absolute atomic E-state index is 13.0. The van der Waals surface area contributed by atoms with Crippen molar-refractivity contribution in [1.82, 2.24) is 10.6 Å². The molecule has 0 saturated heterocycles. The maximum atomic E-state index is 13.0. The second-order valence-electron chi connectivity index (χ2n) is 6.60. The van der Waals surface area contributed by atoms with Crippen LogP contribution in [-0.2, 0) is 11.3 Å². The zero-order valence-corrected chi connectivity index (χ0v) is 20.0. The number of aryl methyl sites for hydroxylation is 1. The first kappa shape index (κ1) is 26.1. The van der Waals surface area contributed by atoms with E-state index in [1.807, 2.05) is 32.0 Å². The van der Waals surface area contributed by atoms with Gasteiger partial charge in [0.15, 0.2) is 5.96 Å². The van der Waals surface area contributed by atoms with Crippen molar-refractivity contribution < 1.29 is 19.0 Å². The molecule has 30 heavy (non-hydrogen) atoms. The van der Waals surface area contributed by atoms with Gasteiger partial charge in [0.2, 0.25) is 0 Å². The Morgan fingerprint density at radius 3 is 2.53 bits per heavy atom. The van der Waals surface area contributed by atoms with Crippen LogP contribution in [0, 0.1) is 12.7 Å². The predicted molar refractivity (Wildman–Crippen MR) is 128 cm³/mol. The fourth-order valence-corrected chi connectivity index (χ4v) is 2.66. The van der Waals surface area contributed by atoms with Crippen molar-refractivity contribution >= 4 is 29.9 Å². The molecule has 8 heteroatoms. The summed E-state index contributed by atoms with van der Waals surface area (Å²) >= 11 is 0. The molecule has 3 N–H and O–H groups in total. The molecular formula is C22H31FIN3O3. The Morgan fingerprint density at radius 2 is 1.87 bits per heavy atom. The second-order valence-corrected chi connectivity index (χ2v) is 6.60. The van der Waals surface area contributed by atoms with E-state index < -0.39 is 6.10 Å². The molecule has 0 aliphatic rings. The molecule has 2 rings (SSSR count). The number of aliphatic imine (C=N–C) groups is 1. The Kier molecular flexibility index (Phi) is 12.3. The molecule has 1 unspecified atom stereocenters. The lowest BCUT2D eigenvalue weighted by molar-refractivity contribution is 0.145. The van der Waals surface area contributed by atoms with Gasteiger partial charge < -0.3 is 25.2 Å². The third-order valence-corrected chi connectivity index (χ3v) is 4.24. The van der Waals surface area contributed by atoms with Crippen molar-refractivity contribution in [1.29, 1.82) is 0 Å². The van der Waals surface area contributed by atoms with Crippen molar-refractivity contribution in [3.8, 4) is 5.75 Å². The van der Waals surface area contributed by atoms with Gasteiger partial charge in [-0.3, -0.25) is 0 Å². The first-order valence-corrected chi connectivity index (χ1v) is 9.70. The monoisotopic (exact) mass is 531 g/mol. The Bertz CT molecular complexity index is 788. The van der Waals surface area contributed by atoms with Crippen LogP contribution < -0.4 is 15.4 Å². The molecule has 0 heterocycles. The number of nitrogens with one attached hydrogen (secondary N) is 2. The quantitative estimate of drug-likeness (QED) is 0.189. The van der Waals surface area contributed by atoms with Gasteiger partial charge in [0.25, 0.3) is 0 Å². The molecule has 0 bridgehead atoms. The van der Waals surface area contributed by atoms with Gasteiger partial charge in [0.1, 0.15) is 18.2 Å². The summed E-state index contributed by atoms with van der Waals surface area (Å²) in [6.45, 7) is 6.33. The van der Waals surface area contributed by atoms with E-state index in [-0.39, 0.29) is 36.3 Å². The molecule has 0 saturated carbocycles. The summed E-state index contributed by atoms with van der Waals surface area (Å²) in [6.07, 6.45) is -0.772. The third kappa shape index (κ3) is 8.85. The van der Waals surface area contributed by atoms with Crippen LogP contribution in [0.4, 0.5) is 4.39 Å². The summed E-state index contributed by atoms with van der Waals surface area (Å²) in [5.74, 6) is 1.04. The highest BCUT2D eigenvalue weighted by Gasteiger charge is 2.09. The highest BCUT2D eigenvalue weighted by Crippen LogP contribution is 2.21. The van der Waals surface area contributed by atoms with Gasteiger partial charge in [-0.05, 0) is 43.2 Å². The predicted octanol–water partition coefficient (Wildman–Crippen LogP) is 3.57. The van der Waals surface area contributed by atoms with Gasteiger partial charge in [-0.2, -0.15) is 0 Å². The number of aliphatic hydroxyl groups excluding tert-OH is 1. The van der Waals surface area contributed by atoms with Crippen LogP contribution in [0.25, 0.3) is 0 Å². The van der Waals surface area contributed by atoms with Gasteiger partial charge in [-0.15, -0.1) is 24.0 Å². The largest absolute Gasteiger partial charge is 0.491 e. The van der Waals surface area contributed by atoms with Crippen molar-refractivity contribution in [2.24, 2.45) is 4.99 Å². The molecule has 0 aromatic heterocycles. The van der Waals surface area contributed by atoms with Gasteiger partial charge in [-0.25, -0.2) is 9.38 Å². The lowest BCUT2D eigenvalue weighted by Crippen LogP contribution is -2.39. The summed E-state index contributed by atoms with van der Waals surface area (Å²) in [7, 11) is 1.64. The molecule has 0 fully saturated rings. The summed E-state index contributed by atoms with van der Waals surface area (Å²) < 4.78 is 23.9. The molecule has 0 spiro atoms. The fraction of sp³-hybridized carbons (Fsp3) is 0.409. The summed E-state index contributed by atoms with van der Waals surface area (Å²) in [5, 5.41) is 16.6. The molecule has 2 aromatic carbocycles. The average molecular weight is 531 g/mol. The number of nitrogens with zero attached hydrogens (tertiary/aromatic N) is 1. The first-order chi connectivity index (χ1) is 14.0. The molecule has 0 aliphatic carbocycles. The molecule has 0 radical (unpaired) electrons. The smallest absolute Gasteiger partial charge is 0.191 e. The van der Waals surface area contributed by atoms with Crippen LogP contribution in [0.5, 0.6) is 5.75 Å². The van der Waals surface area contributed by atoms with E-state index in [1.54, 1.807) is 19.2 Å². The van der Waals surface area contributed by atoms with Crippen LogP contribution in [0.2, 0.25) is 0 Å². The van der Waals surface area contributed by atoms with Crippen molar-refractivity contribution in [2.75, 3.05) is 33.4 Å². The Hall–Kier alpha value is -1.91. The molecular weight excluding hydrogens is 500 g/mol. The van der Waals surface area contributed by atoms with Gasteiger partial charge >= 0.3 is 0 Å². The van der Waals surface area contributed by atoms with E-state index in [0.717, 1.165) is 16.9 Å². The third-order valence-electron chi connectivity index (χ3n) is 4.24. The standard InChI is InChI=1S/C22H30FN3O3.HI/c1-4-24-22(26-15-20(27)17-7-9-19(23)10-8-17)25-14-18-6-5-16(2)13-21(18)29-12-11-28-3;/h5-10,13,20,27H,4,11-12,14-15H2,1-3H3,(H2,24,25,26);1H. The topological polar surface area (TPSA) is 75.1 Å². The van der Waals surface area contributed by atoms with E-state index in [1.165, 1.54) is 12.1 Å². The highest BCUT2D eigenvalue weighted by molar-refractivity contribution is 14.0. The second kappa shape index (κ2) is 14.2. The van der Waals surface area contributed by atoms with E-state index >= 15 is 0 Å². The van der Waals surface area contributed by atoms with Crippen molar-refractivity contribution in [3.05, 3.63) is 65.0 Å². The Balaban J connectivity index is 0.00000450. The Morgan fingerprint density at radius 1 is 1.13 bits per heavy atom. The van der Waals surface area contributed by atoms with Crippen LogP contribution in [0.1, 0.15) is 29.7 Å². The van der Waals surface area contributed by atoms with E-state index in [9.17, 15) is 9.50 Å². The lowest BCUT2D eigenvalue weighted by atomic mass is 10.1. The zero-order valence-electron chi connectivity index (χ0n) is 17.7. The minimum Gasteiger partial charge on any atom is -0.491 e. The minimum absolute atomic E-state index is 0. The molecule has 6 nitrogen and oxygen atoms in total. The lowest BCUT2D eigenvalue weighted by Gasteiger charge is -2.16. The maximum Gasteiger partial charge on any atom is 0.191 e. The zero-order chi connectivity index (χ0) is 21.1. The van der Waals surface area contributed by atoms with Gasteiger partial charge in [-0.1, -0.05) is 24.3 Å². The number of halogens is 2. The number of ether oxygens (including phenoxy) is 2. The number of methoxy groups -OCH3 is 1. The van der Waals surface area contributed by atoms with Gasteiger partial charge in [0.05, 0.1) is 19.3 Å². The first-order valence-electron chi connectivity index (χ1n) is 9.70. The molecule has 166 valence electrons. The summed E-state index contributed by atoms with van der Waals surface area (Å²) in [5.41, 5.74) is 2.71. The summed E-state index contributed by atoms with van der Waals surface area (Å²) in [4.78, 5) is 4.59. The summed E-state index contributed by atoms with van der Waals surface area (Å²) in [6, 6.07) is 11.8. The van der Waals surface area contributed by atoms with Crippen LogP contribution in [0.3, 0.4) is 0 Å². The number of hydrogen-bond acceptors (Lipinski definition) is 4. The van der Waals surface area contributed by atoms with Crippen LogP contribution >= 0.6 is 24.0 Å². The number of aliphatic hydroxyl groups is 1. The van der Waals surface area contributed by atoms with Gasteiger partial charge in [0, 0.05) is 25.8 Å². The van der Waals surface area contributed by atoms with E-state index in [4.69, 9.17) is 9.47 Å². The minimum atomic E-state index is -0.772. The fourth-order valence-electron chi connectivity index (χ4n) is 2.66. The molecule has 1 atom stereocenters. The van der Waals surface area contributed by atoms with Crippen LogP contribution in [0.15, 0.2) is 47.5 Å². The number of guanidine groups is 1. The molecule has 0 amide bonds. The molecule has 2 aromatic rings. The van der Waals surface area contributed by atoms with Crippen LogP contribution in [-0.4, -0.2) is 44.5 Å². The van der Waals surface area contributed by atoms with Crippen molar-refractivity contribution in [2.45, 2.75) is 26.5 Å². The SMILES string of the molecule is CCNC(=NCc1ccc(C)cc1OCCOC)NCC(O)c1ccc(F)cc1.I. The average Bonchev–Trinajstić information content (AvgIpc) is 2.71. The Labute approximate surface area is 194 Å². The highest BCUT2D eigenvalue weighted by atomic mass is 127. The number of rotatable bonds is 10. The van der Waals surface area contributed by atoms with E-state index in [0.29, 0.717) is 37.8 Å². The molecule has 0 aliphatic heterocycles.